The predicted molar refractivity (Wildman–Crippen MR) is 58.0 cm³/mol. The average Bonchev–Trinajstić information content (AvgIpc) is 2.48. The van der Waals surface area contributed by atoms with Crippen LogP contribution in [-0.4, -0.2) is 21.3 Å². The van der Waals surface area contributed by atoms with Crippen LogP contribution in [0, 0.1) is 0 Å². The first-order valence-corrected chi connectivity index (χ1v) is 6.54. The van der Waals surface area contributed by atoms with Gasteiger partial charge >= 0.3 is 0 Å². The Hall–Kier alpha value is -0.590. The standard InChI is InChI=1S/C7H7ClN2O2S2/c1-2-10-4-9-14(11,12)7-5(10)3-6(8)13-7/h3-4H,2H2,1H3. The molecule has 0 saturated carbocycles. The summed E-state index contributed by atoms with van der Waals surface area (Å²) in [7, 11) is -3.50. The fourth-order valence-corrected chi connectivity index (χ4v) is 3.90. The van der Waals surface area contributed by atoms with E-state index in [9.17, 15) is 8.42 Å². The van der Waals surface area contributed by atoms with Crippen LogP contribution in [0.3, 0.4) is 0 Å². The SMILES string of the molecule is CCN1C=NS(=O)(=O)c2sc(Cl)cc21. The molecule has 2 rings (SSSR count). The zero-order valence-corrected chi connectivity index (χ0v) is 9.66. The van der Waals surface area contributed by atoms with Crippen molar-refractivity contribution in [2.24, 2.45) is 4.40 Å². The van der Waals surface area contributed by atoms with Gasteiger partial charge in [-0.05, 0) is 13.0 Å². The molecule has 1 aliphatic heterocycles. The maximum Gasteiger partial charge on any atom is 0.295 e. The average molecular weight is 251 g/mol. The van der Waals surface area contributed by atoms with Gasteiger partial charge in [0, 0.05) is 6.54 Å². The highest BCUT2D eigenvalue weighted by molar-refractivity contribution is 7.92. The Kier molecular flexibility index (Phi) is 2.29. The maximum absolute atomic E-state index is 11.5. The number of hydrogen-bond acceptors (Lipinski definition) is 4. The summed E-state index contributed by atoms with van der Waals surface area (Å²) in [5.74, 6) is 0. The first kappa shape index (κ1) is 9.95. The van der Waals surface area contributed by atoms with Crippen molar-refractivity contribution in [3.8, 4) is 0 Å². The molecule has 0 bridgehead atoms. The van der Waals surface area contributed by atoms with E-state index in [1.54, 1.807) is 11.0 Å². The molecule has 1 aromatic rings. The van der Waals surface area contributed by atoms with Gasteiger partial charge in [0.1, 0.15) is 6.34 Å². The molecule has 0 fully saturated rings. The Morgan fingerprint density at radius 3 is 3.00 bits per heavy atom. The third-order valence-corrected chi connectivity index (χ3v) is 4.84. The lowest BCUT2D eigenvalue weighted by molar-refractivity contribution is 0.599. The van der Waals surface area contributed by atoms with Crippen molar-refractivity contribution in [2.75, 3.05) is 11.4 Å². The molecule has 0 aliphatic carbocycles. The van der Waals surface area contributed by atoms with Crippen molar-refractivity contribution >= 4 is 45.0 Å². The molecule has 7 heteroatoms. The lowest BCUT2D eigenvalue weighted by atomic mass is 10.4. The van der Waals surface area contributed by atoms with Crippen LogP contribution < -0.4 is 4.90 Å². The molecule has 14 heavy (non-hydrogen) atoms. The van der Waals surface area contributed by atoms with E-state index in [1.807, 2.05) is 6.92 Å². The van der Waals surface area contributed by atoms with E-state index >= 15 is 0 Å². The maximum atomic E-state index is 11.5. The first-order valence-electron chi connectivity index (χ1n) is 3.91. The highest BCUT2D eigenvalue weighted by Gasteiger charge is 2.27. The van der Waals surface area contributed by atoms with Gasteiger partial charge in [0.15, 0.2) is 4.21 Å². The summed E-state index contributed by atoms with van der Waals surface area (Å²) < 4.78 is 27.1. The van der Waals surface area contributed by atoms with Crippen molar-refractivity contribution in [3.05, 3.63) is 10.4 Å². The van der Waals surface area contributed by atoms with Crippen LogP contribution in [0.2, 0.25) is 4.34 Å². The monoisotopic (exact) mass is 250 g/mol. The smallest absolute Gasteiger partial charge is 0.295 e. The number of rotatable bonds is 1. The third-order valence-electron chi connectivity index (χ3n) is 1.86. The van der Waals surface area contributed by atoms with Gasteiger partial charge in [-0.2, -0.15) is 8.42 Å². The molecule has 0 unspecified atom stereocenters. The van der Waals surface area contributed by atoms with Crippen LogP contribution in [0.4, 0.5) is 5.69 Å². The Bertz CT molecular complexity index is 492. The number of thiophene rings is 1. The quantitative estimate of drug-likeness (QED) is 0.766. The summed E-state index contributed by atoms with van der Waals surface area (Å²) >= 11 is 6.81. The van der Waals surface area contributed by atoms with E-state index in [0.29, 0.717) is 16.6 Å². The molecule has 0 saturated heterocycles. The van der Waals surface area contributed by atoms with Gasteiger partial charge in [-0.25, -0.2) is 0 Å². The van der Waals surface area contributed by atoms with Gasteiger partial charge in [-0.15, -0.1) is 15.7 Å². The second-order valence-corrected chi connectivity index (χ2v) is 6.22. The van der Waals surface area contributed by atoms with E-state index in [0.717, 1.165) is 11.3 Å². The lowest BCUT2D eigenvalue weighted by Gasteiger charge is -2.19. The Morgan fingerprint density at radius 1 is 1.64 bits per heavy atom. The lowest BCUT2D eigenvalue weighted by Crippen LogP contribution is -2.25. The van der Waals surface area contributed by atoms with E-state index in [4.69, 9.17) is 11.6 Å². The molecule has 0 radical (unpaired) electrons. The number of sulfonamides is 1. The molecule has 1 aromatic heterocycles. The number of halogens is 1. The Balaban J connectivity index is 2.66. The van der Waals surface area contributed by atoms with Crippen LogP contribution in [0.25, 0.3) is 0 Å². The molecular weight excluding hydrogens is 244 g/mol. The van der Waals surface area contributed by atoms with Crippen molar-refractivity contribution < 1.29 is 8.42 Å². The second-order valence-electron chi connectivity index (χ2n) is 2.71. The number of nitrogens with zero attached hydrogens (tertiary/aromatic N) is 2. The number of anilines is 1. The van der Waals surface area contributed by atoms with Gasteiger partial charge in [0.2, 0.25) is 0 Å². The molecule has 76 valence electrons. The number of fused-ring (bicyclic) bond motifs is 1. The summed E-state index contributed by atoms with van der Waals surface area (Å²) in [6.45, 7) is 2.58. The first-order chi connectivity index (χ1) is 6.54. The van der Waals surface area contributed by atoms with E-state index in [2.05, 4.69) is 4.40 Å². The van der Waals surface area contributed by atoms with Gasteiger partial charge in [-0.3, -0.25) is 0 Å². The minimum absolute atomic E-state index is 0.229. The van der Waals surface area contributed by atoms with Crippen LogP contribution in [0.5, 0.6) is 0 Å². The second kappa shape index (κ2) is 3.22. The van der Waals surface area contributed by atoms with Gasteiger partial charge in [0.25, 0.3) is 10.0 Å². The molecule has 0 spiro atoms. The van der Waals surface area contributed by atoms with Crippen LogP contribution in [-0.2, 0) is 10.0 Å². The van der Waals surface area contributed by atoms with Gasteiger partial charge < -0.3 is 4.90 Å². The van der Waals surface area contributed by atoms with E-state index in [-0.39, 0.29) is 4.21 Å². The summed E-state index contributed by atoms with van der Waals surface area (Å²) in [6.07, 6.45) is 1.32. The molecule has 0 aromatic carbocycles. The summed E-state index contributed by atoms with van der Waals surface area (Å²) in [5, 5.41) is 0. The van der Waals surface area contributed by atoms with Gasteiger partial charge in [-0.1, -0.05) is 11.6 Å². The highest BCUT2D eigenvalue weighted by Crippen LogP contribution is 2.39. The topological polar surface area (TPSA) is 49.7 Å². The van der Waals surface area contributed by atoms with E-state index < -0.39 is 10.0 Å². The molecule has 4 nitrogen and oxygen atoms in total. The molecule has 2 heterocycles. The zero-order valence-electron chi connectivity index (χ0n) is 7.27. The minimum Gasteiger partial charge on any atom is -0.330 e. The van der Waals surface area contributed by atoms with Crippen molar-refractivity contribution in [3.63, 3.8) is 0 Å². The number of hydrogen-bond donors (Lipinski definition) is 0. The fourth-order valence-electron chi connectivity index (χ4n) is 1.20. The Labute approximate surface area is 90.9 Å². The zero-order chi connectivity index (χ0) is 10.3. The summed E-state index contributed by atoms with van der Waals surface area (Å²) in [6, 6.07) is 1.65. The molecule has 0 amide bonds. The fraction of sp³-hybridized carbons (Fsp3) is 0.286. The Morgan fingerprint density at radius 2 is 2.36 bits per heavy atom. The molecule has 0 atom stereocenters. The highest BCUT2D eigenvalue weighted by atomic mass is 35.5. The molecule has 0 N–H and O–H groups in total. The third kappa shape index (κ3) is 1.43. The van der Waals surface area contributed by atoms with Crippen molar-refractivity contribution in [1.82, 2.24) is 0 Å². The predicted octanol–water partition coefficient (Wildman–Crippen LogP) is 1.96. The summed E-state index contributed by atoms with van der Waals surface area (Å²) in [5.41, 5.74) is 0.623. The molecule has 1 aliphatic rings. The van der Waals surface area contributed by atoms with Crippen LogP contribution in [0.15, 0.2) is 14.7 Å². The summed E-state index contributed by atoms with van der Waals surface area (Å²) in [4.78, 5) is 1.75. The largest absolute Gasteiger partial charge is 0.330 e. The molecular formula is C7H7ClN2O2S2. The minimum atomic E-state index is -3.50. The van der Waals surface area contributed by atoms with Crippen LogP contribution in [0.1, 0.15) is 6.92 Å². The van der Waals surface area contributed by atoms with E-state index in [1.165, 1.54) is 6.34 Å². The van der Waals surface area contributed by atoms with Gasteiger partial charge in [0.05, 0.1) is 10.0 Å². The van der Waals surface area contributed by atoms with Crippen molar-refractivity contribution in [1.29, 1.82) is 0 Å². The normalized spacial score (nSPS) is 18.3. The van der Waals surface area contributed by atoms with Crippen molar-refractivity contribution in [2.45, 2.75) is 11.1 Å². The van der Waals surface area contributed by atoms with Crippen LogP contribution >= 0.6 is 22.9 Å².